The number of aliphatic hydroxyl groups is 1. The maximum Gasteiger partial charge on any atom is 0.251 e. The number of carbonyl (C=O) groups is 1. The maximum absolute atomic E-state index is 12.3. The molecule has 0 saturated carbocycles. The van der Waals surface area contributed by atoms with Crippen LogP contribution in [0.25, 0.3) is 10.9 Å². The van der Waals surface area contributed by atoms with Crippen LogP contribution in [0.15, 0.2) is 48.7 Å². The third-order valence-electron chi connectivity index (χ3n) is 4.03. The average molecular weight is 340 g/mol. The summed E-state index contributed by atoms with van der Waals surface area (Å²) < 4.78 is 10.4. The largest absolute Gasteiger partial charge is 0.497 e. The monoisotopic (exact) mass is 340 g/mol. The molecule has 0 aliphatic heterocycles. The van der Waals surface area contributed by atoms with Crippen molar-refractivity contribution in [1.29, 1.82) is 0 Å². The number of aromatic nitrogens is 1. The summed E-state index contributed by atoms with van der Waals surface area (Å²) in [7, 11) is 3.09. The molecule has 0 aliphatic rings. The number of benzene rings is 2. The van der Waals surface area contributed by atoms with Gasteiger partial charge in [-0.05, 0) is 42.0 Å². The van der Waals surface area contributed by atoms with Gasteiger partial charge < -0.3 is 24.9 Å². The Balaban J connectivity index is 1.68. The topological polar surface area (TPSA) is 83.6 Å². The van der Waals surface area contributed by atoms with Gasteiger partial charge in [0.1, 0.15) is 11.5 Å². The second kappa shape index (κ2) is 7.27. The number of aromatic amines is 1. The molecular weight excluding hydrogens is 320 g/mol. The second-order valence-corrected chi connectivity index (χ2v) is 5.65. The van der Waals surface area contributed by atoms with Crippen LogP contribution in [0.1, 0.15) is 22.0 Å². The van der Waals surface area contributed by atoms with Crippen LogP contribution in [-0.4, -0.2) is 36.8 Å². The number of rotatable bonds is 6. The maximum atomic E-state index is 12.3. The molecule has 0 saturated heterocycles. The van der Waals surface area contributed by atoms with Gasteiger partial charge in [0.15, 0.2) is 0 Å². The Bertz CT molecular complexity index is 866. The molecule has 25 heavy (non-hydrogen) atoms. The summed E-state index contributed by atoms with van der Waals surface area (Å²) in [4.78, 5) is 15.4. The summed E-state index contributed by atoms with van der Waals surface area (Å²) in [5.74, 6) is 0.923. The third-order valence-corrected chi connectivity index (χ3v) is 4.03. The van der Waals surface area contributed by atoms with E-state index in [1.807, 2.05) is 24.4 Å². The quantitative estimate of drug-likeness (QED) is 0.644. The van der Waals surface area contributed by atoms with Gasteiger partial charge in [0, 0.05) is 35.3 Å². The number of aliphatic hydroxyl groups excluding tert-OH is 1. The Kier molecular flexibility index (Phi) is 4.90. The van der Waals surface area contributed by atoms with Gasteiger partial charge in [0.2, 0.25) is 0 Å². The highest BCUT2D eigenvalue weighted by molar-refractivity contribution is 5.98. The molecule has 0 radical (unpaired) electrons. The number of fused-ring (bicyclic) bond motifs is 1. The highest BCUT2D eigenvalue weighted by Gasteiger charge is 2.14. The predicted octanol–water partition coefficient (Wildman–Crippen LogP) is 2.65. The number of hydrogen-bond acceptors (Lipinski definition) is 4. The van der Waals surface area contributed by atoms with Crippen LogP contribution in [-0.2, 0) is 0 Å². The summed E-state index contributed by atoms with van der Waals surface area (Å²) >= 11 is 0. The first-order valence-corrected chi connectivity index (χ1v) is 7.87. The van der Waals surface area contributed by atoms with Crippen molar-refractivity contribution in [2.24, 2.45) is 0 Å². The molecule has 0 bridgehead atoms. The van der Waals surface area contributed by atoms with Crippen molar-refractivity contribution >= 4 is 16.8 Å². The molecule has 6 heteroatoms. The van der Waals surface area contributed by atoms with Crippen LogP contribution in [0, 0.1) is 0 Å². The molecule has 3 rings (SSSR count). The Hall–Kier alpha value is -2.99. The molecule has 0 unspecified atom stereocenters. The molecule has 130 valence electrons. The first-order chi connectivity index (χ1) is 12.1. The Morgan fingerprint density at radius 2 is 1.84 bits per heavy atom. The number of amides is 1. The first kappa shape index (κ1) is 16.9. The van der Waals surface area contributed by atoms with E-state index in [0.717, 1.165) is 10.9 Å². The molecule has 0 fully saturated rings. The summed E-state index contributed by atoms with van der Waals surface area (Å²) in [6.45, 7) is 0.0837. The van der Waals surface area contributed by atoms with E-state index in [9.17, 15) is 9.90 Å². The zero-order chi connectivity index (χ0) is 17.8. The lowest BCUT2D eigenvalue weighted by Crippen LogP contribution is -2.28. The van der Waals surface area contributed by atoms with E-state index >= 15 is 0 Å². The van der Waals surface area contributed by atoms with Gasteiger partial charge >= 0.3 is 0 Å². The Morgan fingerprint density at radius 3 is 2.52 bits per heavy atom. The molecule has 6 nitrogen and oxygen atoms in total. The van der Waals surface area contributed by atoms with Gasteiger partial charge in [-0.25, -0.2) is 0 Å². The fraction of sp³-hybridized carbons (Fsp3) is 0.211. The van der Waals surface area contributed by atoms with Crippen molar-refractivity contribution in [2.75, 3.05) is 20.8 Å². The van der Waals surface area contributed by atoms with E-state index in [1.54, 1.807) is 38.5 Å². The normalized spacial score (nSPS) is 12.0. The minimum absolute atomic E-state index is 0.0837. The molecule has 1 heterocycles. The van der Waals surface area contributed by atoms with E-state index in [-0.39, 0.29) is 12.5 Å². The van der Waals surface area contributed by atoms with E-state index in [0.29, 0.717) is 22.6 Å². The predicted molar refractivity (Wildman–Crippen MR) is 95.1 cm³/mol. The number of ether oxygens (including phenoxy) is 2. The first-order valence-electron chi connectivity index (χ1n) is 7.87. The molecule has 1 aromatic heterocycles. The summed E-state index contributed by atoms with van der Waals surface area (Å²) in [5.41, 5.74) is 2.13. The van der Waals surface area contributed by atoms with Crippen molar-refractivity contribution in [1.82, 2.24) is 10.3 Å². The van der Waals surface area contributed by atoms with Crippen LogP contribution in [0.2, 0.25) is 0 Å². The van der Waals surface area contributed by atoms with Crippen molar-refractivity contribution < 1.29 is 19.4 Å². The smallest absolute Gasteiger partial charge is 0.251 e. The van der Waals surface area contributed by atoms with Crippen molar-refractivity contribution in [3.63, 3.8) is 0 Å². The fourth-order valence-electron chi connectivity index (χ4n) is 2.63. The zero-order valence-corrected chi connectivity index (χ0v) is 14.1. The lowest BCUT2D eigenvalue weighted by Gasteiger charge is -2.15. The number of H-pyrrole nitrogens is 1. The van der Waals surface area contributed by atoms with E-state index in [4.69, 9.17) is 9.47 Å². The number of methoxy groups -OCH3 is 2. The Morgan fingerprint density at radius 1 is 1.12 bits per heavy atom. The van der Waals surface area contributed by atoms with Crippen LogP contribution in [0.3, 0.4) is 0 Å². The average Bonchev–Trinajstić information content (AvgIpc) is 3.12. The number of nitrogens with one attached hydrogen (secondary N) is 2. The highest BCUT2D eigenvalue weighted by atomic mass is 16.5. The van der Waals surface area contributed by atoms with Crippen LogP contribution in [0.5, 0.6) is 11.5 Å². The highest BCUT2D eigenvalue weighted by Crippen LogP contribution is 2.26. The molecule has 0 spiro atoms. The van der Waals surface area contributed by atoms with Crippen molar-refractivity contribution in [2.45, 2.75) is 6.10 Å². The molecule has 1 atom stereocenters. The van der Waals surface area contributed by atoms with Crippen LogP contribution >= 0.6 is 0 Å². The van der Waals surface area contributed by atoms with Gasteiger partial charge in [-0.1, -0.05) is 0 Å². The van der Waals surface area contributed by atoms with Gasteiger partial charge in [-0.3, -0.25) is 4.79 Å². The zero-order valence-electron chi connectivity index (χ0n) is 14.1. The molecule has 1 amide bonds. The SMILES string of the molecule is COc1cc(OC)cc([C@@H](O)CNC(=O)c2ccc3[nH]ccc3c2)c1. The summed E-state index contributed by atoms with van der Waals surface area (Å²) in [6, 6.07) is 12.5. The number of hydrogen-bond donors (Lipinski definition) is 3. The number of carbonyl (C=O) groups excluding carboxylic acids is 1. The summed E-state index contributed by atoms with van der Waals surface area (Å²) in [6.07, 6.45) is 0.954. The lowest BCUT2D eigenvalue weighted by molar-refractivity contribution is 0.0916. The minimum Gasteiger partial charge on any atom is -0.497 e. The molecule has 0 aliphatic carbocycles. The lowest BCUT2D eigenvalue weighted by atomic mass is 10.1. The van der Waals surface area contributed by atoms with E-state index in [2.05, 4.69) is 10.3 Å². The minimum atomic E-state index is -0.871. The van der Waals surface area contributed by atoms with Crippen molar-refractivity contribution in [3.8, 4) is 11.5 Å². The van der Waals surface area contributed by atoms with Gasteiger partial charge in [0.05, 0.1) is 20.3 Å². The van der Waals surface area contributed by atoms with E-state index in [1.165, 1.54) is 0 Å². The van der Waals surface area contributed by atoms with Gasteiger partial charge in [-0.2, -0.15) is 0 Å². The van der Waals surface area contributed by atoms with Crippen LogP contribution in [0.4, 0.5) is 0 Å². The fourth-order valence-corrected chi connectivity index (χ4v) is 2.63. The van der Waals surface area contributed by atoms with Crippen molar-refractivity contribution in [3.05, 3.63) is 59.8 Å². The van der Waals surface area contributed by atoms with Crippen LogP contribution < -0.4 is 14.8 Å². The van der Waals surface area contributed by atoms with Gasteiger partial charge in [-0.15, -0.1) is 0 Å². The molecule has 3 N–H and O–H groups in total. The summed E-state index contributed by atoms with van der Waals surface area (Å²) in [5, 5.41) is 14.1. The molecular formula is C19H20N2O4. The van der Waals surface area contributed by atoms with E-state index < -0.39 is 6.10 Å². The molecule has 2 aromatic carbocycles. The van der Waals surface area contributed by atoms with Gasteiger partial charge in [0.25, 0.3) is 5.91 Å². The third kappa shape index (κ3) is 3.75. The molecule has 3 aromatic rings. The second-order valence-electron chi connectivity index (χ2n) is 5.65. The Labute approximate surface area is 145 Å². The standard InChI is InChI=1S/C19H20N2O4/c1-24-15-8-14(9-16(10-15)25-2)18(22)11-21-19(23)13-3-4-17-12(7-13)5-6-20-17/h3-10,18,20,22H,11H2,1-2H3,(H,21,23)/t18-/m0/s1.